The lowest BCUT2D eigenvalue weighted by Gasteiger charge is -2.49. The molecule has 0 N–H and O–H groups in total. The molecule has 15 heteroatoms. The van der Waals surface area contributed by atoms with Gasteiger partial charge in [-0.3, -0.25) is 14.5 Å². The van der Waals surface area contributed by atoms with Crippen LogP contribution < -0.4 is 0 Å². The second kappa shape index (κ2) is 15.2. The normalized spacial score (nSPS) is 33.5. The largest absolute Gasteiger partial charge is 0.452 e. The number of rotatable bonds is 9. The fourth-order valence-corrected chi connectivity index (χ4v) is 8.44. The molecule has 3 aromatic carbocycles. The summed E-state index contributed by atoms with van der Waals surface area (Å²) in [5.41, 5.74) is 0.604. The molecule has 5 aliphatic rings. The van der Waals surface area contributed by atoms with Gasteiger partial charge in [0.1, 0.15) is 42.7 Å². The average Bonchev–Trinajstić information content (AvgIpc) is 3.91. The van der Waals surface area contributed by atoms with Crippen molar-refractivity contribution < 1.29 is 66.5 Å². The Morgan fingerprint density at radius 3 is 1.52 bits per heavy atom. The van der Waals surface area contributed by atoms with Crippen LogP contribution in [-0.4, -0.2) is 121 Å². The molecular weight excluding hydrogens is 754 g/mol. The van der Waals surface area contributed by atoms with Crippen LogP contribution in [0.2, 0.25) is 0 Å². The Hall–Kier alpha value is -4.58. The van der Waals surface area contributed by atoms with E-state index in [9.17, 15) is 19.2 Å². The number of methoxy groups -OCH3 is 1. The zero-order chi connectivity index (χ0) is 41.1. The summed E-state index contributed by atoms with van der Waals surface area (Å²) < 4.78 is 63.6. The van der Waals surface area contributed by atoms with E-state index in [0.717, 1.165) is 4.90 Å². The molecule has 0 aromatic heterocycles. The van der Waals surface area contributed by atoms with Gasteiger partial charge in [0.05, 0.1) is 28.9 Å². The van der Waals surface area contributed by atoms with Crippen LogP contribution in [-0.2, 0) is 47.4 Å². The molecule has 0 radical (unpaired) electrons. The summed E-state index contributed by atoms with van der Waals surface area (Å²) in [4.78, 5) is 58.0. The second-order valence-corrected chi connectivity index (χ2v) is 16.2. The summed E-state index contributed by atoms with van der Waals surface area (Å²) in [5, 5.41) is 0. The maximum absolute atomic E-state index is 14.5. The summed E-state index contributed by atoms with van der Waals surface area (Å²) in [5.74, 6) is -6.27. The lowest BCUT2D eigenvalue weighted by atomic mass is 9.86. The third kappa shape index (κ3) is 7.57. The van der Waals surface area contributed by atoms with Crippen LogP contribution >= 0.6 is 0 Å². The Kier molecular flexibility index (Phi) is 10.6. The number of fused-ring (bicyclic) bond motifs is 1. The number of hydrogen-bond donors (Lipinski definition) is 0. The summed E-state index contributed by atoms with van der Waals surface area (Å²) >= 11 is 0. The van der Waals surface area contributed by atoms with Gasteiger partial charge < -0.3 is 47.4 Å². The van der Waals surface area contributed by atoms with Gasteiger partial charge in [-0.2, -0.15) is 0 Å². The number of carbonyl (C=O) groups is 4. The zero-order valence-electron chi connectivity index (χ0n) is 33.2. The van der Waals surface area contributed by atoms with Gasteiger partial charge in [0.25, 0.3) is 11.8 Å². The van der Waals surface area contributed by atoms with Crippen LogP contribution in [0.25, 0.3) is 0 Å². The van der Waals surface area contributed by atoms with Gasteiger partial charge in [-0.25, -0.2) is 9.59 Å². The van der Waals surface area contributed by atoms with Crippen molar-refractivity contribution in [1.82, 2.24) is 4.90 Å². The van der Waals surface area contributed by atoms with Crippen LogP contribution in [0.1, 0.15) is 83.0 Å². The van der Waals surface area contributed by atoms with E-state index >= 15 is 0 Å². The Bertz CT molecular complexity index is 2000. The smallest absolute Gasteiger partial charge is 0.338 e. The molecule has 5 aliphatic heterocycles. The molecule has 3 aromatic rings. The average molecular weight is 802 g/mol. The number of ether oxygens (including phenoxy) is 10. The third-order valence-electron chi connectivity index (χ3n) is 10.8. The van der Waals surface area contributed by atoms with Crippen molar-refractivity contribution in [3.05, 3.63) is 107 Å². The van der Waals surface area contributed by atoms with E-state index in [0.29, 0.717) is 0 Å². The van der Waals surface area contributed by atoms with Crippen molar-refractivity contribution in [2.75, 3.05) is 13.7 Å². The number of carbonyl (C=O) groups excluding carboxylic acids is 4. The maximum atomic E-state index is 14.5. The first-order valence-corrected chi connectivity index (χ1v) is 19.3. The highest BCUT2D eigenvalue weighted by molar-refractivity contribution is 6.21. The molecule has 0 saturated carbocycles. The van der Waals surface area contributed by atoms with Gasteiger partial charge >= 0.3 is 11.9 Å². The molecule has 2 amide bonds. The number of benzene rings is 3. The minimum Gasteiger partial charge on any atom is -0.452 e. The van der Waals surface area contributed by atoms with Gasteiger partial charge in [-0.1, -0.05) is 48.5 Å². The van der Waals surface area contributed by atoms with Gasteiger partial charge in [0.15, 0.2) is 35.9 Å². The fourth-order valence-electron chi connectivity index (χ4n) is 8.44. The van der Waals surface area contributed by atoms with E-state index in [2.05, 4.69) is 0 Å². The van der Waals surface area contributed by atoms with E-state index in [1.54, 1.807) is 114 Å². The summed E-state index contributed by atoms with van der Waals surface area (Å²) in [6.07, 6.45) is -10.3. The lowest BCUT2D eigenvalue weighted by molar-refractivity contribution is -0.292. The predicted octanol–water partition coefficient (Wildman–Crippen LogP) is 4.67. The molecule has 4 fully saturated rings. The van der Waals surface area contributed by atoms with Gasteiger partial charge in [0.2, 0.25) is 0 Å². The highest BCUT2D eigenvalue weighted by atomic mass is 16.8. The summed E-state index contributed by atoms with van der Waals surface area (Å²) in [6, 6.07) is 21.2. The molecule has 58 heavy (non-hydrogen) atoms. The Labute approximate surface area is 335 Å². The molecular formula is C43H47NO14. The predicted molar refractivity (Wildman–Crippen MR) is 200 cm³/mol. The summed E-state index contributed by atoms with van der Waals surface area (Å²) in [7, 11) is 1.34. The molecule has 0 spiro atoms. The van der Waals surface area contributed by atoms with Gasteiger partial charge in [-0.15, -0.1) is 0 Å². The number of esters is 2. The standard InChI is InChI=1S/C43H47NO14/c1-41(2)50-22-27(54-41)29-32(56-42(3,4)55-29)34-33(57-43(5,6)58-34)30-28(44-36(45)25-20-14-15-21-26(25)37(44)46)31(51-38(47)23-16-10-8-11-17-23)35(40(49-7)53-30)52-39(48)24-18-12-9-13-19-24/h8-21,27-35,40H,22H2,1-7H3/t27-,28-,29-,30-,31+,32+,33-,34+,35-,40-/m1/s1. The van der Waals surface area contributed by atoms with Crippen molar-refractivity contribution in [3.63, 3.8) is 0 Å². The van der Waals surface area contributed by atoms with Crippen LogP contribution in [0.15, 0.2) is 84.9 Å². The first-order valence-electron chi connectivity index (χ1n) is 19.3. The maximum Gasteiger partial charge on any atom is 0.338 e. The SMILES string of the molecule is CO[C@@H]1O[C@@H]([C@H]2OC(C)(C)O[C@H]2[C@H]2OC(C)(C)O[C@@H]2[C@H]2COC(C)(C)O2)[C@@H](N2C(=O)c3ccccc3C2=O)[C@H](OC(=O)c2ccccc2)[C@H]1OC(=O)c1ccccc1. The van der Waals surface area contributed by atoms with E-state index in [4.69, 9.17) is 47.4 Å². The van der Waals surface area contributed by atoms with Crippen molar-refractivity contribution in [3.8, 4) is 0 Å². The molecule has 0 bridgehead atoms. The van der Waals surface area contributed by atoms with Crippen LogP contribution in [0.5, 0.6) is 0 Å². The highest BCUT2D eigenvalue weighted by Gasteiger charge is 2.65. The monoisotopic (exact) mass is 801 g/mol. The van der Waals surface area contributed by atoms with Crippen molar-refractivity contribution in [1.29, 1.82) is 0 Å². The fraction of sp³-hybridized carbons (Fsp3) is 0.488. The molecule has 5 heterocycles. The van der Waals surface area contributed by atoms with Gasteiger partial charge in [-0.05, 0) is 77.9 Å². The van der Waals surface area contributed by atoms with E-state index in [1.165, 1.54) is 19.2 Å². The van der Waals surface area contributed by atoms with Crippen LogP contribution in [0, 0.1) is 0 Å². The number of nitrogens with zero attached hydrogens (tertiary/aromatic N) is 1. The Balaban J connectivity index is 1.26. The van der Waals surface area contributed by atoms with E-state index < -0.39 is 102 Å². The minimum atomic E-state index is -1.58. The lowest BCUT2D eigenvalue weighted by Crippen LogP contribution is -2.70. The molecule has 0 unspecified atom stereocenters. The van der Waals surface area contributed by atoms with Crippen LogP contribution in [0.3, 0.4) is 0 Å². The second-order valence-electron chi connectivity index (χ2n) is 16.2. The first kappa shape index (κ1) is 40.2. The number of imide groups is 1. The van der Waals surface area contributed by atoms with Gasteiger partial charge in [0, 0.05) is 7.11 Å². The zero-order valence-corrected chi connectivity index (χ0v) is 33.2. The number of amides is 2. The quantitative estimate of drug-likeness (QED) is 0.217. The minimum absolute atomic E-state index is 0.127. The Morgan fingerprint density at radius 2 is 1.03 bits per heavy atom. The molecule has 10 atom stereocenters. The number of hydrogen-bond acceptors (Lipinski definition) is 14. The van der Waals surface area contributed by atoms with Crippen molar-refractivity contribution in [2.24, 2.45) is 0 Å². The molecule has 0 aliphatic carbocycles. The highest BCUT2D eigenvalue weighted by Crippen LogP contribution is 2.46. The first-order chi connectivity index (χ1) is 27.6. The molecule has 4 saturated heterocycles. The third-order valence-corrected chi connectivity index (χ3v) is 10.8. The topological polar surface area (TPSA) is 164 Å². The van der Waals surface area contributed by atoms with Crippen molar-refractivity contribution in [2.45, 2.75) is 120 Å². The van der Waals surface area contributed by atoms with E-state index in [-0.39, 0.29) is 28.9 Å². The van der Waals surface area contributed by atoms with Crippen molar-refractivity contribution >= 4 is 23.8 Å². The molecule has 308 valence electrons. The van der Waals surface area contributed by atoms with Crippen LogP contribution in [0.4, 0.5) is 0 Å². The van der Waals surface area contributed by atoms with E-state index in [1.807, 2.05) is 0 Å². The molecule has 15 nitrogen and oxygen atoms in total. The molecule has 8 rings (SSSR count). The Morgan fingerprint density at radius 1 is 0.586 bits per heavy atom. The summed E-state index contributed by atoms with van der Waals surface area (Å²) in [6.45, 7) is 10.7.